The number of amides is 1. The molecule has 1 aromatic carbocycles. The van der Waals surface area contributed by atoms with E-state index in [4.69, 9.17) is 4.74 Å². The van der Waals surface area contributed by atoms with E-state index in [1.54, 1.807) is 7.11 Å². The molecule has 2 aromatic heterocycles. The lowest BCUT2D eigenvalue weighted by Gasteiger charge is -2.32. The molecule has 0 bridgehead atoms. The fourth-order valence-corrected chi connectivity index (χ4v) is 3.44. The van der Waals surface area contributed by atoms with Crippen LogP contribution < -0.4 is 0 Å². The van der Waals surface area contributed by atoms with Gasteiger partial charge in [-0.05, 0) is 13.0 Å². The third-order valence-electron chi connectivity index (χ3n) is 4.59. The van der Waals surface area contributed by atoms with Crippen molar-refractivity contribution in [1.82, 2.24) is 29.9 Å². The van der Waals surface area contributed by atoms with E-state index in [-0.39, 0.29) is 11.9 Å². The highest BCUT2D eigenvalue weighted by molar-refractivity contribution is 5.87. The minimum absolute atomic E-state index is 0.0591. The van der Waals surface area contributed by atoms with E-state index in [0.29, 0.717) is 26.1 Å². The lowest BCUT2D eigenvalue weighted by Crippen LogP contribution is -2.41. The molecule has 130 valence electrons. The van der Waals surface area contributed by atoms with Crippen molar-refractivity contribution in [2.75, 3.05) is 13.7 Å². The van der Waals surface area contributed by atoms with Crippen LogP contribution >= 0.6 is 0 Å². The third kappa shape index (κ3) is 2.78. The normalized spacial score (nSPS) is 17.0. The summed E-state index contributed by atoms with van der Waals surface area (Å²) < 4.78 is 7.24. The van der Waals surface area contributed by atoms with Gasteiger partial charge >= 0.3 is 0 Å². The van der Waals surface area contributed by atoms with Crippen LogP contribution in [-0.4, -0.2) is 49.4 Å². The van der Waals surface area contributed by atoms with E-state index >= 15 is 0 Å². The number of ether oxygens (including phenoxy) is 1. The fraction of sp³-hybridized carbons (Fsp3) is 0.412. The first-order valence-electron chi connectivity index (χ1n) is 8.28. The Labute approximate surface area is 144 Å². The lowest BCUT2D eigenvalue weighted by atomic mass is 10.1. The van der Waals surface area contributed by atoms with Gasteiger partial charge in [-0.1, -0.05) is 18.2 Å². The number of hydrogen-bond donors (Lipinski definition) is 1. The van der Waals surface area contributed by atoms with Crippen LogP contribution in [0.1, 0.15) is 30.3 Å². The number of hydrogen-bond acceptors (Lipinski definition) is 5. The molecule has 0 saturated carbocycles. The zero-order valence-corrected chi connectivity index (χ0v) is 14.3. The van der Waals surface area contributed by atoms with Gasteiger partial charge < -0.3 is 14.2 Å². The molecule has 1 aliphatic heterocycles. The van der Waals surface area contributed by atoms with Gasteiger partial charge in [0.1, 0.15) is 6.61 Å². The molecule has 3 aromatic rings. The Kier molecular flexibility index (Phi) is 3.96. The first-order chi connectivity index (χ1) is 12.2. The Morgan fingerprint density at radius 3 is 3.04 bits per heavy atom. The van der Waals surface area contributed by atoms with Crippen LogP contribution in [0.2, 0.25) is 0 Å². The Balaban J connectivity index is 1.53. The maximum atomic E-state index is 12.8. The minimum Gasteiger partial charge on any atom is -0.377 e. The molecule has 0 spiro atoms. The molecule has 0 saturated heterocycles. The number of H-pyrrole nitrogens is 1. The number of carbonyl (C=O) groups is 1. The van der Waals surface area contributed by atoms with Crippen LogP contribution in [0.25, 0.3) is 10.9 Å². The molecule has 8 heteroatoms. The number of nitrogens with one attached hydrogen (secondary N) is 1. The summed E-state index contributed by atoms with van der Waals surface area (Å²) in [4.78, 5) is 14.6. The molecule has 0 aliphatic carbocycles. The molecule has 0 radical (unpaired) electrons. The highest BCUT2D eigenvalue weighted by Gasteiger charge is 2.29. The Morgan fingerprint density at radius 1 is 1.36 bits per heavy atom. The number of rotatable bonds is 4. The van der Waals surface area contributed by atoms with Crippen molar-refractivity contribution in [3.8, 4) is 0 Å². The number of para-hydroxylation sites is 1. The smallest absolute Gasteiger partial charge is 0.229 e. The lowest BCUT2D eigenvalue weighted by molar-refractivity contribution is -0.132. The standard InChI is InChI=1S/C17H20N6O2/c1-11-8-22(9-15-20-21-16(10-25-2)23(11)15)17(24)7-14-12-5-3-4-6-13(12)18-19-14/h3-6,11H,7-10H2,1-2H3,(H,18,19)/t11-/m0/s1. The van der Waals surface area contributed by atoms with Gasteiger partial charge in [-0.25, -0.2) is 0 Å². The van der Waals surface area contributed by atoms with Gasteiger partial charge in [-0.3, -0.25) is 9.89 Å². The summed E-state index contributed by atoms with van der Waals surface area (Å²) in [5.41, 5.74) is 1.72. The van der Waals surface area contributed by atoms with Crippen LogP contribution in [0, 0.1) is 0 Å². The van der Waals surface area contributed by atoms with Crippen LogP contribution in [0.5, 0.6) is 0 Å². The summed E-state index contributed by atoms with van der Waals surface area (Å²) >= 11 is 0. The molecule has 1 aliphatic rings. The molecule has 0 unspecified atom stereocenters. The van der Waals surface area contributed by atoms with Gasteiger partial charge in [-0.2, -0.15) is 5.10 Å². The summed E-state index contributed by atoms with van der Waals surface area (Å²) in [6.45, 7) is 3.58. The van der Waals surface area contributed by atoms with Gasteiger partial charge in [-0.15, -0.1) is 10.2 Å². The quantitative estimate of drug-likeness (QED) is 0.776. The molecule has 8 nitrogen and oxygen atoms in total. The van der Waals surface area contributed by atoms with E-state index in [1.807, 2.05) is 29.2 Å². The first kappa shape index (κ1) is 15.8. The summed E-state index contributed by atoms with van der Waals surface area (Å²) in [5.74, 6) is 1.66. The van der Waals surface area contributed by atoms with Crippen molar-refractivity contribution in [3.63, 3.8) is 0 Å². The van der Waals surface area contributed by atoms with Gasteiger partial charge in [0.15, 0.2) is 11.6 Å². The highest BCUT2D eigenvalue weighted by atomic mass is 16.5. The molecular weight excluding hydrogens is 320 g/mol. The highest BCUT2D eigenvalue weighted by Crippen LogP contribution is 2.23. The van der Waals surface area contributed by atoms with Crippen molar-refractivity contribution < 1.29 is 9.53 Å². The van der Waals surface area contributed by atoms with E-state index in [0.717, 1.165) is 28.2 Å². The first-order valence-corrected chi connectivity index (χ1v) is 8.28. The number of fused-ring (bicyclic) bond motifs is 2. The second kappa shape index (κ2) is 6.29. The van der Waals surface area contributed by atoms with Crippen LogP contribution in [0.3, 0.4) is 0 Å². The molecule has 1 N–H and O–H groups in total. The summed E-state index contributed by atoms with van der Waals surface area (Å²) in [6, 6.07) is 7.92. The molecule has 1 amide bonds. The van der Waals surface area contributed by atoms with Gasteiger partial charge in [0, 0.05) is 19.0 Å². The Bertz CT molecular complexity index is 915. The van der Waals surface area contributed by atoms with Crippen molar-refractivity contribution in [2.45, 2.75) is 32.5 Å². The largest absolute Gasteiger partial charge is 0.377 e. The summed E-state index contributed by atoms with van der Waals surface area (Å²) in [6.07, 6.45) is 0.298. The van der Waals surface area contributed by atoms with Crippen LogP contribution in [0.4, 0.5) is 0 Å². The SMILES string of the molecule is COCc1nnc2n1[C@@H](C)CN(C(=O)Cc1[nH]nc3ccccc13)C2. The predicted molar refractivity (Wildman–Crippen MR) is 90.7 cm³/mol. The summed E-state index contributed by atoms with van der Waals surface area (Å²) in [7, 11) is 1.64. The average Bonchev–Trinajstić information content (AvgIpc) is 3.20. The topological polar surface area (TPSA) is 88.9 Å². The number of aromatic amines is 1. The molecule has 0 fully saturated rings. The van der Waals surface area contributed by atoms with Crippen molar-refractivity contribution in [1.29, 1.82) is 0 Å². The van der Waals surface area contributed by atoms with E-state index < -0.39 is 0 Å². The molecular formula is C17H20N6O2. The van der Waals surface area contributed by atoms with E-state index in [2.05, 4.69) is 31.9 Å². The van der Waals surface area contributed by atoms with Crippen molar-refractivity contribution in [2.24, 2.45) is 0 Å². The number of methoxy groups -OCH3 is 1. The van der Waals surface area contributed by atoms with Crippen LogP contribution in [-0.2, 0) is 29.1 Å². The Morgan fingerprint density at radius 2 is 2.20 bits per heavy atom. The number of aromatic nitrogens is 5. The molecule has 3 heterocycles. The summed E-state index contributed by atoms with van der Waals surface area (Å²) in [5, 5.41) is 16.6. The molecule has 4 rings (SSSR count). The van der Waals surface area contributed by atoms with Gasteiger partial charge in [0.25, 0.3) is 0 Å². The van der Waals surface area contributed by atoms with Crippen LogP contribution in [0.15, 0.2) is 24.3 Å². The third-order valence-corrected chi connectivity index (χ3v) is 4.59. The molecule has 1 atom stereocenters. The zero-order chi connectivity index (χ0) is 17.4. The second-order valence-electron chi connectivity index (χ2n) is 6.35. The monoisotopic (exact) mass is 340 g/mol. The average molecular weight is 340 g/mol. The minimum atomic E-state index is 0.0591. The predicted octanol–water partition coefficient (Wildman–Crippen LogP) is 1.45. The number of nitrogens with zero attached hydrogens (tertiary/aromatic N) is 5. The number of benzene rings is 1. The van der Waals surface area contributed by atoms with Gasteiger partial charge in [0.2, 0.25) is 5.91 Å². The zero-order valence-electron chi connectivity index (χ0n) is 14.3. The van der Waals surface area contributed by atoms with E-state index in [1.165, 1.54) is 0 Å². The Hall–Kier alpha value is -2.74. The maximum absolute atomic E-state index is 12.8. The van der Waals surface area contributed by atoms with Gasteiger partial charge in [0.05, 0.1) is 30.2 Å². The maximum Gasteiger partial charge on any atom is 0.229 e. The fourth-order valence-electron chi connectivity index (χ4n) is 3.44. The number of carbonyl (C=O) groups excluding carboxylic acids is 1. The van der Waals surface area contributed by atoms with E-state index in [9.17, 15) is 4.79 Å². The van der Waals surface area contributed by atoms with Crippen molar-refractivity contribution >= 4 is 16.8 Å². The second-order valence-corrected chi connectivity index (χ2v) is 6.35. The molecule has 25 heavy (non-hydrogen) atoms. The van der Waals surface area contributed by atoms with Crippen molar-refractivity contribution in [3.05, 3.63) is 41.6 Å².